The van der Waals surface area contributed by atoms with Gasteiger partial charge >= 0.3 is 0 Å². The van der Waals surface area contributed by atoms with Crippen LogP contribution < -0.4 is 4.74 Å². The molecule has 2 atom stereocenters. The number of carbonyl (C=O) groups is 2. The number of thiophene rings is 1. The maximum atomic E-state index is 13.7. The van der Waals surface area contributed by atoms with E-state index >= 15 is 0 Å². The van der Waals surface area contributed by atoms with Gasteiger partial charge in [-0.05, 0) is 84.8 Å². The lowest BCUT2D eigenvalue weighted by Gasteiger charge is -2.37. The van der Waals surface area contributed by atoms with Crippen LogP contribution in [0.5, 0.6) is 5.75 Å². The Morgan fingerprint density at radius 2 is 1.78 bits per heavy atom. The van der Waals surface area contributed by atoms with Crippen molar-refractivity contribution in [2.45, 2.75) is 31.4 Å². The molecule has 0 N–H and O–H groups in total. The van der Waals surface area contributed by atoms with Gasteiger partial charge in [0, 0.05) is 30.1 Å². The van der Waals surface area contributed by atoms with E-state index in [1.165, 1.54) is 46.2 Å². The summed E-state index contributed by atoms with van der Waals surface area (Å²) in [4.78, 5) is 31.5. The molecule has 6 nitrogen and oxygen atoms in total. The van der Waals surface area contributed by atoms with E-state index in [0.29, 0.717) is 24.5 Å². The lowest BCUT2D eigenvalue weighted by atomic mass is 10.00. The van der Waals surface area contributed by atoms with Gasteiger partial charge in [-0.25, -0.2) is 8.78 Å². The molecule has 0 radical (unpaired) electrons. The zero-order valence-electron chi connectivity index (χ0n) is 20.3. The van der Waals surface area contributed by atoms with Crippen molar-refractivity contribution in [1.29, 1.82) is 0 Å². The first-order valence-electron chi connectivity index (χ1n) is 12.4. The number of halogens is 2. The molecule has 2 aliphatic rings. The monoisotopic (exact) mass is 526 g/mol. The summed E-state index contributed by atoms with van der Waals surface area (Å²) in [5.74, 6) is -0.793. The lowest BCUT2D eigenvalue weighted by Crippen LogP contribution is -2.49. The normalized spacial score (nSPS) is 18.9. The maximum absolute atomic E-state index is 13.7. The van der Waals surface area contributed by atoms with Gasteiger partial charge in [-0.15, -0.1) is 11.3 Å². The molecule has 0 unspecified atom stereocenters. The van der Waals surface area contributed by atoms with Crippen LogP contribution in [0.1, 0.15) is 39.7 Å². The summed E-state index contributed by atoms with van der Waals surface area (Å²) in [6.07, 6.45) is 2.31. The largest absolute Gasteiger partial charge is 0.491 e. The third-order valence-corrected chi connectivity index (χ3v) is 7.79. The van der Waals surface area contributed by atoms with Crippen molar-refractivity contribution in [3.63, 3.8) is 0 Å². The van der Waals surface area contributed by atoms with E-state index in [1.54, 1.807) is 28.4 Å². The molecule has 5 rings (SSSR count). The van der Waals surface area contributed by atoms with Crippen LogP contribution in [0.4, 0.5) is 8.78 Å². The molecule has 0 bridgehead atoms. The fourth-order valence-electron chi connectivity index (χ4n) is 4.86. The smallest absolute Gasteiger partial charge is 0.254 e. The fourth-order valence-corrected chi connectivity index (χ4v) is 5.79. The third-order valence-electron chi connectivity index (χ3n) is 6.79. The summed E-state index contributed by atoms with van der Waals surface area (Å²) in [7, 11) is 0. The van der Waals surface area contributed by atoms with Crippen LogP contribution in [0.2, 0.25) is 0 Å². The van der Waals surface area contributed by atoms with E-state index in [0.717, 1.165) is 24.8 Å². The van der Waals surface area contributed by atoms with Gasteiger partial charge in [0.25, 0.3) is 5.91 Å². The number of ether oxygens (including phenoxy) is 2. The molecule has 1 fully saturated rings. The Labute approximate surface area is 218 Å². The number of hydrogen-bond acceptors (Lipinski definition) is 5. The topological polar surface area (TPSA) is 59.1 Å². The molecular formula is C28H28F2N2O4S. The van der Waals surface area contributed by atoms with Gasteiger partial charge in [-0.1, -0.05) is 0 Å². The third kappa shape index (κ3) is 5.99. The Balaban J connectivity index is 1.34. The molecule has 0 aliphatic carbocycles. The predicted octanol–water partition coefficient (Wildman–Crippen LogP) is 4.85. The lowest BCUT2D eigenvalue weighted by molar-refractivity contribution is -0.135. The highest BCUT2D eigenvalue weighted by Gasteiger charge is 2.34. The van der Waals surface area contributed by atoms with E-state index in [9.17, 15) is 18.4 Å². The van der Waals surface area contributed by atoms with Crippen LogP contribution in [0.15, 0.2) is 60.0 Å². The van der Waals surface area contributed by atoms with Gasteiger partial charge in [0.1, 0.15) is 30.5 Å². The van der Waals surface area contributed by atoms with Crippen molar-refractivity contribution in [3.05, 3.63) is 87.6 Å². The second-order valence-electron chi connectivity index (χ2n) is 9.24. The van der Waals surface area contributed by atoms with Crippen LogP contribution in [0, 0.1) is 11.6 Å². The van der Waals surface area contributed by atoms with Crippen LogP contribution in [0.3, 0.4) is 0 Å². The molecule has 1 aromatic heterocycles. The van der Waals surface area contributed by atoms with Crippen molar-refractivity contribution in [2.24, 2.45) is 0 Å². The Kier molecular flexibility index (Phi) is 7.81. The van der Waals surface area contributed by atoms with E-state index in [-0.39, 0.29) is 49.5 Å². The number of fused-ring (bicyclic) bond motifs is 1. The first-order valence-corrected chi connectivity index (χ1v) is 13.3. The molecule has 194 valence electrons. The van der Waals surface area contributed by atoms with Crippen molar-refractivity contribution in [2.75, 3.05) is 32.8 Å². The fraction of sp³-hybridized carbons (Fsp3) is 0.357. The standard InChI is InChI=1S/C28H28F2N2O4S/c29-20-5-3-19(4-6-20)28(34)31(16-23-2-1-14-35-23)17-27(33)32-13-11-26-24(12-15-37-26)25(32)18-36-22-9-7-21(30)8-10-22/h3-10,12,15,23,25H,1-2,11,13-14,16-18H2/t23-,25-/m1/s1. The highest BCUT2D eigenvalue weighted by atomic mass is 32.1. The predicted molar refractivity (Wildman–Crippen MR) is 136 cm³/mol. The van der Waals surface area contributed by atoms with E-state index in [2.05, 4.69) is 0 Å². The van der Waals surface area contributed by atoms with Crippen LogP contribution in [-0.4, -0.2) is 60.6 Å². The highest BCUT2D eigenvalue weighted by molar-refractivity contribution is 7.10. The first-order chi connectivity index (χ1) is 18.0. The quantitative estimate of drug-likeness (QED) is 0.421. The number of nitrogens with zero attached hydrogens (tertiary/aromatic N) is 2. The Morgan fingerprint density at radius 1 is 1.05 bits per heavy atom. The minimum Gasteiger partial charge on any atom is -0.491 e. The number of carbonyl (C=O) groups excluding carboxylic acids is 2. The molecule has 3 heterocycles. The molecule has 2 aliphatic heterocycles. The average molecular weight is 527 g/mol. The average Bonchev–Trinajstić information content (AvgIpc) is 3.60. The van der Waals surface area contributed by atoms with Crippen molar-refractivity contribution >= 4 is 23.2 Å². The molecule has 37 heavy (non-hydrogen) atoms. The molecule has 0 saturated carbocycles. The molecule has 9 heteroatoms. The molecule has 0 spiro atoms. The summed E-state index contributed by atoms with van der Waals surface area (Å²) in [5, 5.41) is 2.01. The van der Waals surface area contributed by atoms with Gasteiger partial charge in [-0.2, -0.15) is 0 Å². The van der Waals surface area contributed by atoms with Gasteiger partial charge in [0.15, 0.2) is 0 Å². The molecule has 2 amide bonds. The molecule has 1 saturated heterocycles. The van der Waals surface area contributed by atoms with Gasteiger partial charge in [0.2, 0.25) is 5.91 Å². The summed E-state index contributed by atoms with van der Waals surface area (Å²) in [6, 6.07) is 12.8. The Bertz CT molecular complexity index is 1230. The molecular weight excluding hydrogens is 498 g/mol. The van der Waals surface area contributed by atoms with Gasteiger partial charge in [-0.3, -0.25) is 9.59 Å². The van der Waals surface area contributed by atoms with E-state index < -0.39 is 5.82 Å². The highest BCUT2D eigenvalue weighted by Crippen LogP contribution is 2.34. The van der Waals surface area contributed by atoms with Gasteiger partial charge in [0.05, 0.1) is 12.1 Å². The second-order valence-corrected chi connectivity index (χ2v) is 10.2. The summed E-state index contributed by atoms with van der Waals surface area (Å²) >= 11 is 1.65. The zero-order valence-corrected chi connectivity index (χ0v) is 21.1. The summed E-state index contributed by atoms with van der Waals surface area (Å²) in [6.45, 7) is 1.51. The number of rotatable bonds is 8. The molecule has 3 aromatic rings. The SMILES string of the molecule is O=C(c1ccc(F)cc1)N(CC(=O)N1CCc2sccc2[C@H]1COc1ccc(F)cc1)C[C@H]1CCCO1. The Morgan fingerprint density at radius 3 is 2.49 bits per heavy atom. The van der Waals surface area contributed by atoms with Crippen LogP contribution >= 0.6 is 11.3 Å². The van der Waals surface area contributed by atoms with Crippen molar-refractivity contribution in [1.82, 2.24) is 9.80 Å². The van der Waals surface area contributed by atoms with E-state index in [4.69, 9.17) is 9.47 Å². The summed E-state index contributed by atoms with van der Waals surface area (Å²) in [5.41, 5.74) is 1.35. The zero-order chi connectivity index (χ0) is 25.8. The van der Waals surface area contributed by atoms with Crippen molar-refractivity contribution in [3.8, 4) is 5.75 Å². The second kappa shape index (κ2) is 11.4. The number of benzene rings is 2. The number of hydrogen-bond donors (Lipinski definition) is 0. The molecule has 2 aromatic carbocycles. The van der Waals surface area contributed by atoms with Crippen molar-refractivity contribution < 1.29 is 27.8 Å². The summed E-state index contributed by atoms with van der Waals surface area (Å²) < 4.78 is 38.5. The Hall–Kier alpha value is -3.30. The van der Waals surface area contributed by atoms with Gasteiger partial charge < -0.3 is 19.3 Å². The van der Waals surface area contributed by atoms with E-state index in [1.807, 2.05) is 11.4 Å². The van der Waals surface area contributed by atoms with Crippen LogP contribution in [0.25, 0.3) is 0 Å². The maximum Gasteiger partial charge on any atom is 0.254 e. The first kappa shape index (κ1) is 25.4. The van der Waals surface area contributed by atoms with Crippen LogP contribution in [-0.2, 0) is 16.0 Å². The minimum absolute atomic E-state index is 0.122. The minimum atomic E-state index is -0.429. The number of amides is 2.